The van der Waals surface area contributed by atoms with E-state index < -0.39 is 4.92 Å². The van der Waals surface area contributed by atoms with Crippen LogP contribution in [0.1, 0.15) is 6.42 Å². The van der Waals surface area contributed by atoms with Gasteiger partial charge < -0.3 is 20.7 Å². The topological polar surface area (TPSA) is 80.1 Å². The molecule has 0 spiro atoms. The average molecular weight is 222 g/mol. The van der Waals surface area contributed by atoms with Crippen molar-refractivity contribution in [2.75, 3.05) is 25.0 Å². The summed E-state index contributed by atoms with van der Waals surface area (Å²) in [7, 11) is 0. The zero-order chi connectivity index (χ0) is 11.4. The first-order valence-corrected chi connectivity index (χ1v) is 5.31. The highest BCUT2D eigenvalue weighted by atomic mass is 16.6. The fraction of sp³-hybridized carbons (Fsp3) is 0.500. The van der Waals surface area contributed by atoms with Crippen LogP contribution in [0.5, 0.6) is 0 Å². The quantitative estimate of drug-likeness (QED) is 0.587. The van der Waals surface area contributed by atoms with Gasteiger partial charge in [0, 0.05) is 6.54 Å². The molecule has 2 N–H and O–H groups in total. The Morgan fingerprint density at radius 2 is 2.56 bits per heavy atom. The van der Waals surface area contributed by atoms with Crippen molar-refractivity contribution >= 4 is 11.5 Å². The molecule has 6 heteroatoms. The monoisotopic (exact) mass is 222 g/mol. The fourth-order valence-electron chi connectivity index (χ4n) is 1.82. The van der Waals surface area contributed by atoms with Crippen molar-refractivity contribution in [1.82, 2.24) is 10.3 Å². The van der Waals surface area contributed by atoms with E-state index >= 15 is 0 Å². The normalized spacial score (nSPS) is 19.6. The van der Waals surface area contributed by atoms with E-state index in [2.05, 4.69) is 15.6 Å². The van der Waals surface area contributed by atoms with Crippen molar-refractivity contribution in [2.24, 2.45) is 5.92 Å². The predicted octanol–water partition coefficient (Wildman–Crippen LogP) is 1.01. The van der Waals surface area contributed by atoms with E-state index in [1.54, 1.807) is 12.1 Å². The number of hydrogen-bond donors (Lipinski definition) is 2. The molecule has 0 bridgehead atoms. The molecule has 16 heavy (non-hydrogen) atoms. The number of anilines is 1. The smallest absolute Gasteiger partial charge is 0.378 e. The molecule has 0 saturated carbocycles. The number of rotatable bonds is 4. The maximum Gasteiger partial charge on any atom is 0.386 e. The van der Waals surface area contributed by atoms with Crippen molar-refractivity contribution < 1.29 is 4.92 Å². The van der Waals surface area contributed by atoms with Crippen LogP contribution in [0.4, 0.5) is 11.5 Å². The molecule has 1 saturated heterocycles. The Balaban J connectivity index is 2.00. The molecule has 1 aromatic rings. The third kappa shape index (κ3) is 2.46. The minimum absolute atomic E-state index is 0.103. The number of hydrogen-bond acceptors (Lipinski definition) is 5. The van der Waals surface area contributed by atoms with Gasteiger partial charge in [-0.2, -0.15) is 0 Å². The van der Waals surface area contributed by atoms with Gasteiger partial charge in [0.05, 0.1) is 0 Å². The van der Waals surface area contributed by atoms with Crippen molar-refractivity contribution in [1.29, 1.82) is 0 Å². The van der Waals surface area contributed by atoms with Gasteiger partial charge in [-0.3, -0.25) is 0 Å². The highest BCUT2D eigenvalue weighted by Crippen LogP contribution is 2.20. The Kier molecular flexibility index (Phi) is 3.31. The third-order valence-corrected chi connectivity index (χ3v) is 2.70. The molecule has 1 atom stereocenters. The average Bonchev–Trinajstić information content (AvgIpc) is 2.79. The fourth-order valence-corrected chi connectivity index (χ4v) is 1.82. The minimum atomic E-state index is -0.463. The second-order valence-corrected chi connectivity index (χ2v) is 3.87. The summed E-state index contributed by atoms with van der Waals surface area (Å²) in [4.78, 5) is 14.0. The van der Waals surface area contributed by atoms with Gasteiger partial charge in [0.1, 0.15) is 11.9 Å². The molecule has 86 valence electrons. The largest absolute Gasteiger partial charge is 0.386 e. The van der Waals surface area contributed by atoms with Crippen LogP contribution in [-0.4, -0.2) is 29.5 Å². The molecule has 1 aliphatic rings. The Morgan fingerprint density at radius 1 is 1.69 bits per heavy atom. The highest BCUT2D eigenvalue weighted by molar-refractivity contribution is 5.56. The van der Waals surface area contributed by atoms with Crippen molar-refractivity contribution in [3.05, 3.63) is 28.4 Å². The van der Waals surface area contributed by atoms with E-state index in [4.69, 9.17) is 0 Å². The maximum absolute atomic E-state index is 10.7. The van der Waals surface area contributed by atoms with Crippen LogP contribution in [0.3, 0.4) is 0 Å². The van der Waals surface area contributed by atoms with E-state index in [0.29, 0.717) is 11.6 Å². The molecule has 1 fully saturated rings. The second kappa shape index (κ2) is 4.89. The lowest BCUT2D eigenvalue weighted by molar-refractivity contribution is -0.388. The van der Waals surface area contributed by atoms with Gasteiger partial charge in [-0.15, -0.1) is 0 Å². The molecule has 0 aliphatic carbocycles. The summed E-state index contributed by atoms with van der Waals surface area (Å²) in [6.45, 7) is 2.75. The van der Waals surface area contributed by atoms with E-state index in [0.717, 1.165) is 26.1 Å². The van der Waals surface area contributed by atoms with Crippen LogP contribution in [0.2, 0.25) is 0 Å². The van der Waals surface area contributed by atoms with Crippen LogP contribution in [-0.2, 0) is 0 Å². The van der Waals surface area contributed by atoms with Crippen LogP contribution in [0.25, 0.3) is 0 Å². The highest BCUT2D eigenvalue weighted by Gasteiger charge is 2.17. The van der Waals surface area contributed by atoms with Gasteiger partial charge in [0.25, 0.3) is 0 Å². The Labute approximate surface area is 93.2 Å². The van der Waals surface area contributed by atoms with Crippen LogP contribution >= 0.6 is 0 Å². The molecular formula is C10H14N4O2. The molecule has 2 heterocycles. The van der Waals surface area contributed by atoms with Crippen molar-refractivity contribution in [2.45, 2.75) is 6.42 Å². The summed E-state index contributed by atoms with van der Waals surface area (Å²) < 4.78 is 0. The Bertz CT molecular complexity index is 377. The van der Waals surface area contributed by atoms with Gasteiger partial charge in [0.15, 0.2) is 0 Å². The molecule has 0 amide bonds. The Hall–Kier alpha value is -1.69. The zero-order valence-electron chi connectivity index (χ0n) is 8.85. The molecule has 1 unspecified atom stereocenters. The van der Waals surface area contributed by atoms with Crippen LogP contribution in [0, 0.1) is 16.0 Å². The first kappa shape index (κ1) is 10.8. The number of pyridine rings is 1. The zero-order valence-corrected chi connectivity index (χ0v) is 8.85. The second-order valence-electron chi connectivity index (χ2n) is 3.87. The summed E-state index contributed by atoms with van der Waals surface area (Å²) >= 11 is 0. The van der Waals surface area contributed by atoms with E-state index in [-0.39, 0.29) is 5.82 Å². The first-order valence-electron chi connectivity index (χ1n) is 5.31. The first-order chi connectivity index (χ1) is 7.77. The minimum Gasteiger partial charge on any atom is -0.378 e. The lowest BCUT2D eigenvalue weighted by Crippen LogP contribution is -2.17. The number of aromatic nitrogens is 1. The third-order valence-electron chi connectivity index (χ3n) is 2.70. The summed E-state index contributed by atoms with van der Waals surface area (Å²) in [5, 5.41) is 17.1. The number of nitrogens with one attached hydrogen (secondary N) is 2. The standard InChI is InChI=1S/C10H14N4O2/c15-14(16)10-9(2-1-4-12-10)13-7-8-3-5-11-6-8/h1-2,4,8,11,13H,3,5-7H2. The molecule has 0 radical (unpaired) electrons. The summed E-state index contributed by atoms with van der Waals surface area (Å²) in [5.74, 6) is 0.438. The SMILES string of the molecule is O=[N+]([O-])c1ncccc1NCC1CCNC1. The van der Waals surface area contributed by atoms with Crippen LogP contribution in [0.15, 0.2) is 18.3 Å². The number of nitro groups is 1. The molecule has 1 aromatic heterocycles. The molecule has 6 nitrogen and oxygen atoms in total. The van der Waals surface area contributed by atoms with Gasteiger partial charge in [0.2, 0.25) is 0 Å². The van der Waals surface area contributed by atoms with E-state index in [1.165, 1.54) is 6.20 Å². The van der Waals surface area contributed by atoms with E-state index in [1.807, 2.05) is 0 Å². The molecule has 2 rings (SSSR count). The summed E-state index contributed by atoms with van der Waals surface area (Å²) in [6.07, 6.45) is 2.54. The molecule has 0 aromatic carbocycles. The van der Waals surface area contributed by atoms with Gasteiger partial charge >= 0.3 is 5.82 Å². The van der Waals surface area contributed by atoms with Crippen LogP contribution < -0.4 is 10.6 Å². The summed E-state index contributed by atoms with van der Waals surface area (Å²) in [6, 6.07) is 3.38. The predicted molar refractivity (Wildman–Crippen MR) is 60.4 cm³/mol. The maximum atomic E-state index is 10.7. The Morgan fingerprint density at radius 3 is 3.25 bits per heavy atom. The van der Waals surface area contributed by atoms with Gasteiger partial charge in [-0.25, -0.2) is 0 Å². The van der Waals surface area contributed by atoms with Crippen molar-refractivity contribution in [3.8, 4) is 0 Å². The molecule has 1 aliphatic heterocycles. The van der Waals surface area contributed by atoms with E-state index in [9.17, 15) is 10.1 Å². The summed E-state index contributed by atoms with van der Waals surface area (Å²) in [5.41, 5.74) is 0.499. The van der Waals surface area contributed by atoms with Gasteiger partial charge in [-0.05, 0) is 47.5 Å². The lowest BCUT2D eigenvalue weighted by Gasteiger charge is -2.10. The number of nitrogens with zero attached hydrogens (tertiary/aromatic N) is 2. The van der Waals surface area contributed by atoms with Gasteiger partial charge in [-0.1, -0.05) is 0 Å². The lowest BCUT2D eigenvalue weighted by atomic mass is 10.1. The van der Waals surface area contributed by atoms with Crippen molar-refractivity contribution in [3.63, 3.8) is 0 Å². The molecular weight excluding hydrogens is 208 g/mol.